The van der Waals surface area contributed by atoms with Gasteiger partial charge in [0.15, 0.2) is 0 Å². The Morgan fingerprint density at radius 3 is 2.90 bits per heavy atom. The second-order valence-corrected chi connectivity index (χ2v) is 5.68. The molecule has 21 heavy (non-hydrogen) atoms. The van der Waals surface area contributed by atoms with Crippen LogP contribution in [0.25, 0.3) is 0 Å². The van der Waals surface area contributed by atoms with Crippen LogP contribution in [0, 0.1) is 5.82 Å². The number of hydrogen-bond acceptors (Lipinski definition) is 2. The second kappa shape index (κ2) is 6.35. The zero-order chi connectivity index (χ0) is 14.7. The summed E-state index contributed by atoms with van der Waals surface area (Å²) in [6.07, 6.45) is 2.35. The summed E-state index contributed by atoms with van der Waals surface area (Å²) in [6, 6.07) is 13.3. The molecule has 0 atom stereocenters. The highest BCUT2D eigenvalue weighted by Gasteiger charge is 2.15. The summed E-state index contributed by atoms with van der Waals surface area (Å²) in [7, 11) is 0. The van der Waals surface area contributed by atoms with Crippen LogP contribution in [0.5, 0.6) is 0 Å². The van der Waals surface area contributed by atoms with Gasteiger partial charge in [-0.3, -0.25) is 0 Å². The molecule has 0 fully saturated rings. The van der Waals surface area contributed by atoms with Crippen LogP contribution >= 0.6 is 11.6 Å². The molecule has 2 aromatic rings. The van der Waals surface area contributed by atoms with E-state index in [2.05, 4.69) is 34.5 Å². The Morgan fingerprint density at radius 2 is 2.05 bits per heavy atom. The molecule has 0 radical (unpaired) electrons. The Bertz CT molecular complexity index is 630. The van der Waals surface area contributed by atoms with Gasteiger partial charge in [-0.15, -0.1) is 0 Å². The number of rotatable bonds is 4. The number of fused-ring (bicyclic) bond motifs is 1. The molecule has 0 aliphatic carbocycles. The van der Waals surface area contributed by atoms with Crippen molar-refractivity contribution >= 4 is 23.0 Å². The number of aryl methyl sites for hydroxylation is 1. The summed E-state index contributed by atoms with van der Waals surface area (Å²) in [5, 5.41) is 3.45. The first-order chi connectivity index (χ1) is 10.2. The largest absolute Gasteiger partial charge is 0.383 e. The smallest absolute Gasteiger partial charge is 0.141 e. The van der Waals surface area contributed by atoms with Crippen molar-refractivity contribution < 1.29 is 4.39 Å². The molecule has 0 bridgehead atoms. The van der Waals surface area contributed by atoms with E-state index in [1.54, 1.807) is 12.1 Å². The van der Waals surface area contributed by atoms with Crippen molar-refractivity contribution in [2.75, 3.05) is 29.9 Å². The molecule has 0 aromatic heterocycles. The highest BCUT2D eigenvalue weighted by atomic mass is 35.5. The van der Waals surface area contributed by atoms with Crippen molar-refractivity contribution in [1.29, 1.82) is 0 Å². The van der Waals surface area contributed by atoms with Crippen molar-refractivity contribution in [2.24, 2.45) is 0 Å². The number of benzene rings is 2. The molecule has 0 spiro atoms. The van der Waals surface area contributed by atoms with Crippen LogP contribution in [-0.2, 0) is 6.42 Å². The minimum Gasteiger partial charge on any atom is -0.383 e. The normalized spacial score (nSPS) is 13.9. The summed E-state index contributed by atoms with van der Waals surface area (Å²) in [5.41, 5.74) is 3.61. The van der Waals surface area contributed by atoms with Gasteiger partial charge in [-0.2, -0.15) is 0 Å². The molecular formula is C17H18ClFN2. The maximum Gasteiger partial charge on any atom is 0.141 e. The van der Waals surface area contributed by atoms with Crippen molar-refractivity contribution in [2.45, 2.75) is 12.8 Å². The molecule has 1 aliphatic rings. The van der Waals surface area contributed by atoms with Crippen LogP contribution in [-0.4, -0.2) is 19.6 Å². The molecule has 2 nitrogen and oxygen atoms in total. The average Bonchev–Trinajstić information content (AvgIpc) is 2.51. The van der Waals surface area contributed by atoms with E-state index >= 15 is 0 Å². The lowest BCUT2D eigenvalue weighted by Gasteiger charge is -2.31. The van der Waals surface area contributed by atoms with E-state index in [1.165, 1.54) is 23.7 Å². The highest BCUT2D eigenvalue weighted by Crippen LogP contribution is 2.26. The number of halogens is 2. The van der Waals surface area contributed by atoms with Crippen molar-refractivity contribution in [3.8, 4) is 0 Å². The molecule has 0 saturated heterocycles. The maximum atomic E-state index is 13.1. The first-order valence-corrected chi connectivity index (χ1v) is 7.63. The van der Waals surface area contributed by atoms with Gasteiger partial charge in [-0.05, 0) is 42.7 Å². The van der Waals surface area contributed by atoms with Crippen LogP contribution in [0.3, 0.4) is 0 Å². The third-order valence-electron chi connectivity index (χ3n) is 3.84. The third-order valence-corrected chi connectivity index (χ3v) is 4.13. The fourth-order valence-corrected chi connectivity index (χ4v) is 2.97. The Morgan fingerprint density at radius 1 is 1.19 bits per heavy atom. The van der Waals surface area contributed by atoms with E-state index in [4.69, 9.17) is 11.6 Å². The Labute approximate surface area is 129 Å². The van der Waals surface area contributed by atoms with Gasteiger partial charge in [0, 0.05) is 31.0 Å². The first-order valence-electron chi connectivity index (χ1n) is 7.26. The van der Waals surface area contributed by atoms with E-state index in [0.717, 1.165) is 31.7 Å². The summed E-state index contributed by atoms with van der Waals surface area (Å²) in [4.78, 5) is 2.40. The highest BCUT2D eigenvalue weighted by molar-refractivity contribution is 6.31. The quantitative estimate of drug-likeness (QED) is 0.903. The van der Waals surface area contributed by atoms with Crippen LogP contribution in [0.15, 0.2) is 42.5 Å². The number of nitrogens with one attached hydrogen (secondary N) is 1. The Kier molecular flexibility index (Phi) is 4.30. The Hall–Kier alpha value is -1.74. The number of anilines is 2. The van der Waals surface area contributed by atoms with Crippen LogP contribution in [0.2, 0.25) is 5.02 Å². The Balaban J connectivity index is 1.60. The van der Waals surface area contributed by atoms with Gasteiger partial charge in [-0.1, -0.05) is 29.8 Å². The minimum atomic E-state index is -0.382. The van der Waals surface area contributed by atoms with Crippen LogP contribution < -0.4 is 10.2 Å². The fourth-order valence-electron chi connectivity index (χ4n) is 2.79. The summed E-state index contributed by atoms with van der Waals surface area (Å²) < 4.78 is 13.1. The number of hydrogen-bond donors (Lipinski definition) is 1. The molecule has 2 aromatic carbocycles. The molecule has 0 amide bonds. The first kappa shape index (κ1) is 14.2. The van der Waals surface area contributed by atoms with Crippen molar-refractivity contribution in [3.05, 3.63) is 58.9 Å². The second-order valence-electron chi connectivity index (χ2n) is 5.27. The molecule has 4 heteroatoms. The van der Waals surface area contributed by atoms with E-state index < -0.39 is 0 Å². The molecule has 0 saturated carbocycles. The zero-order valence-corrected chi connectivity index (χ0v) is 12.5. The predicted octanol–water partition coefficient (Wildman–Crippen LogP) is 4.34. The number of nitrogens with zero attached hydrogens (tertiary/aromatic N) is 1. The monoisotopic (exact) mass is 304 g/mol. The zero-order valence-electron chi connectivity index (χ0n) is 11.8. The lowest BCUT2D eigenvalue weighted by molar-refractivity contribution is 0.628. The molecule has 1 aliphatic heterocycles. The average molecular weight is 305 g/mol. The summed E-state index contributed by atoms with van der Waals surface area (Å²) >= 11 is 5.78. The lowest BCUT2D eigenvalue weighted by Crippen LogP contribution is -2.33. The van der Waals surface area contributed by atoms with E-state index in [0.29, 0.717) is 0 Å². The SMILES string of the molecule is Fc1ccc(NCCN2CCCc3ccccc32)cc1Cl. The molecule has 0 unspecified atom stereocenters. The van der Waals surface area contributed by atoms with Gasteiger partial charge in [0.2, 0.25) is 0 Å². The summed E-state index contributed by atoms with van der Waals surface area (Å²) in [6.45, 7) is 2.81. The van der Waals surface area contributed by atoms with E-state index in [-0.39, 0.29) is 10.8 Å². The minimum absolute atomic E-state index is 0.156. The van der Waals surface area contributed by atoms with Crippen molar-refractivity contribution in [3.63, 3.8) is 0 Å². The summed E-state index contributed by atoms with van der Waals surface area (Å²) in [5.74, 6) is -0.382. The van der Waals surface area contributed by atoms with E-state index in [1.807, 2.05) is 0 Å². The molecule has 1 heterocycles. The van der Waals surface area contributed by atoms with Gasteiger partial charge in [0.05, 0.1) is 5.02 Å². The predicted molar refractivity (Wildman–Crippen MR) is 86.9 cm³/mol. The lowest BCUT2D eigenvalue weighted by atomic mass is 10.0. The van der Waals surface area contributed by atoms with Gasteiger partial charge in [-0.25, -0.2) is 4.39 Å². The maximum absolute atomic E-state index is 13.1. The van der Waals surface area contributed by atoms with Gasteiger partial charge in [0.25, 0.3) is 0 Å². The molecule has 110 valence electrons. The topological polar surface area (TPSA) is 15.3 Å². The van der Waals surface area contributed by atoms with Gasteiger partial charge in [0.1, 0.15) is 5.82 Å². The number of para-hydroxylation sites is 1. The van der Waals surface area contributed by atoms with E-state index in [9.17, 15) is 4.39 Å². The third kappa shape index (κ3) is 3.30. The standard InChI is InChI=1S/C17H18ClFN2/c18-15-12-14(7-8-16(15)19)20-9-11-21-10-3-5-13-4-1-2-6-17(13)21/h1-2,4,6-8,12,20H,3,5,9-11H2. The fraction of sp³-hybridized carbons (Fsp3) is 0.294. The molecule has 3 rings (SSSR count). The van der Waals surface area contributed by atoms with Crippen LogP contribution in [0.1, 0.15) is 12.0 Å². The van der Waals surface area contributed by atoms with Crippen molar-refractivity contribution in [1.82, 2.24) is 0 Å². The van der Waals surface area contributed by atoms with Gasteiger partial charge >= 0.3 is 0 Å². The van der Waals surface area contributed by atoms with Gasteiger partial charge < -0.3 is 10.2 Å². The van der Waals surface area contributed by atoms with Crippen LogP contribution in [0.4, 0.5) is 15.8 Å². The molecular weight excluding hydrogens is 287 g/mol. The molecule has 1 N–H and O–H groups in total.